The molecular weight excluding hydrogens is 611 g/mol. The van der Waals surface area contributed by atoms with Crippen molar-refractivity contribution in [1.82, 2.24) is 10.2 Å². The van der Waals surface area contributed by atoms with E-state index in [1.54, 1.807) is 36.4 Å². The lowest BCUT2D eigenvalue weighted by Crippen LogP contribution is -2.54. The zero-order valence-electron chi connectivity index (χ0n) is 18.7. The first kappa shape index (κ1) is 25.9. The molecule has 0 radical (unpaired) electrons. The van der Waals surface area contributed by atoms with Crippen molar-refractivity contribution in [2.75, 3.05) is 6.61 Å². The highest BCUT2D eigenvalue weighted by molar-refractivity contribution is 9.10. The summed E-state index contributed by atoms with van der Waals surface area (Å²) in [6.45, 7) is -0.464. The van der Waals surface area contributed by atoms with Crippen LogP contribution in [0.25, 0.3) is 5.57 Å². The summed E-state index contributed by atoms with van der Waals surface area (Å²) in [5.41, 5.74) is 0.616. The Labute approximate surface area is 234 Å². The maximum Gasteiger partial charge on any atom is 0.325 e. The number of esters is 1. The van der Waals surface area contributed by atoms with Gasteiger partial charge in [0.05, 0.1) is 11.1 Å². The molecule has 1 saturated heterocycles. The van der Waals surface area contributed by atoms with Gasteiger partial charge in [-0.3, -0.25) is 34.2 Å². The minimum atomic E-state index is -1.80. The van der Waals surface area contributed by atoms with E-state index < -0.39 is 51.5 Å². The molecule has 3 aliphatic rings. The molecule has 8 nitrogen and oxygen atoms in total. The number of imide groups is 2. The molecule has 4 amide bonds. The van der Waals surface area contributed by atoms with E-state index in [1.807, 2.05) is 0 Å². The smallest absolute Gasteiger partial charge is 0.325 e. The molecule has 5 rings (SSSR count). The second-order valence-electron chi connectivity index (χ2n) is 8.77. The Morgan fingerprint density at radius 1 is 1.05 bits per heavy atom. The van der Waals surface area contributed by atoms with E-state index in [-0.39, 0.29) is 24.0 Å². The number of halogens is 4. The quantitative estimate of drug-likeness (QED) is 0.304. The van der Waals surface area contributed by atoms with Crippen LogP contribution in [-0.4, -0.2) is 50.9 Å². The summed E-state index contributed by atoms with van der Waals surface area (Å²) < 4.78 is 4.32. The predicted octanol–water partition coefficient (Wildman–Crippen LogP) is 4.10. The zero-order valence-corrected chi connectivity index (χ0v) is 22.6. The summed E-state index contributed by atoms with van der Waals surface area (Å²) in [6.07, 6.45) is 1.75. The summed E-state index contributed by atoms with van der Waals surface area (Å²) in [6, 6.07) is 10.6. The predicted molar refractivity (Wildman–Crippen MR) is 138 cm³/mol. The molecule has 12 heteroatoms. The first-order valence-corrected chi connectivity index (χ1v) is 12.9. The van der Waals surface area contributed by atoms with Crippen molar-refractivity contribution in [3.8, 4) is 0 Å². The number of amides is 4. The topological polar surface area (TPSA) is 110 Å². The highest BCUT2D eigenvalue weighted by Crippen LogP contribution is 2.54. The molecular formula is C25H16BrCl3N2O6. The van der Waals surface area contributed by atoms with Crippen LogP contribution >= 0.6 is 50.7 Å². The third kappa shape index (κ3) is 4.58. The highest BCUT2D eigenvalue weighted by atomic mass is 79.9. The largest absolute Gasteiger partial charge is 0.460 e. The number of piperidine rings is 1. The van der Waals surface area contributed by atoms with E-state index in [2.05, 4.69) is 21.2 Å². The number of hydrogen-bond donors (Lipinski definition) is 1. The SMILES string of the molecule is O=C1CCC(N2C(=O)c3ccc(C4=C[C@@]4(C(=O)OCC(Cl)(Cl)Cl)c4ccc(Br)cc4)cc3C2=O)C(=O)N1. The van der Waals surface area contributed by atoms with Crippen LogP contribution in [-0.2, 0) is 24.5 Å². The number of alkyl halides is 3. The fourth-order valence-corrected chi connectivity index (χ4v) is 5.06. The standard InChI is InChI=1S/C25H16BrCl3N2O6/c26-14-4-2-13(3-5-14)24(23(36)37-11-25(27,28)29)10-17(24)12-1-6-15-16(9-12)22(35)31(21(15)34)18-7-8-19(32)30-20(18)33/h1-6,9-10,18H,7-8,11H2,(H,30,32,33)/t18?,24-/m1/s1. The van der Waals surface area contributed by atoms with Gasteiger partial charge in [-0.1, -0.05) is 75.0 Å². The van der Waals surface area contributed by atoms with E-state index in [4.69, 9.17) is 39.5 Å². The number of carbonyl (C=O) groups excluding carboxylic acids is 5. The number of hydrogen-bond acceptors (Lipinski definition) is 6. The van der Waals surface area contributed by atoms with Crippen LogP contribution in [0.4, 0.5) is 0 Å². The van der Waals surface area contributed by atoms with Crippen molar-refractivity contribution in [2.45, 2.75) is 28.1 Å². The maximum atomic E-state index is 13.3. The minimum absolute atomic E-state index is 0.0218. The first-order valence-electron chi connectivity index (χ1n) is 11.0. The summed E-state index contributed by atoms with van der Waals surface area (Å²) in [5.74, 6) is -3.07. The van der Waals surface area contributed by atoms with Gasteiger partial charge in [-0.15, -0.1) is 0 Å². The molecule has 2 aromatic rings. The summed E-state index contributed by atoms with van der Waals surface area (Å²) >= 11 is 20.7. The Bertz CT molecular complexity index is 1420. The molecule has 0 saturated carbocycles. The average molecular weight is 627 g/mol. The molecule has 1 aliphatic carbocycles. The van der Waals surface area contributed by atoms with Crippen molar-refractivity contribution >= 4 is 85.9 Å². The number of ether oxygens (including phenoxy) is 1. The van der Waals surface area contributed by atoms with Crippen LogP contribution in [0, 0.1) is 0 Å². The Morgan fingerprint density at radius 2 is 1.73 bits per heavy atom. The van der Waals surface area contributed by atoms with E-state index >= 15 is 0 Å². The number of carbonyl (C=O) groups is 5. The van der Waals surface area contributed by atoms with Gasteiger partial charge in [-0.05, 0) is 47.4 Å². The molecule has 1 fully saturated rings. The molecule has 1 N–H and O–H groups in total. The van der Waals surface area contributed by atoms with Gasteiger partial charge in [0, 0.05) is 10.9 Å². The first-order chi connectivity index (χ1) is 17.4. The van der Waals surface area contributed by atoms with Gasteiger partial charge in [0.25, 0.3) is 11.8 Å². The van der Waals surface area contributed by atoms with Crippen molar-refractivity contribution in [1.29, 1.82) is 0 Å². The van der Waals surface area contributed by atoms with Crippen LogP contribution < -0.4 is 5.32 Å². The fourth-order valence-electron chi connectivity index (χ4n) is 4.63. The monoisotopic (exact) mass is 624 g/mol. The third-order valence-corrected chi connectivity index (χ3v) is 7.30. The van der Waals surface area contributed by atoms with E-state index in [0.717, 1.165) is 9.37 Å². The lowest BCUT2D eigenvalue weighted by atomic mass is 9.87. The van der Waals surface area contributed by atoms with Gasteiger partial charge in [-0.2, -0.15) is 0 Å². The van der Waals surface area contributed by atoms with Gasteiger partial charge in [0.15, 0.2) is 0 Å². The van der Waals surface area contributed by atoms with Crippen molar-refractivity contribution < 1.29 is 28.7 Å². The molecule has 2 aliphatic heterocycles. The Kier molecular flexibility index (Phi) is 6.47. The lowest BCUT2D eigenvalue weighted by Gasteiger charge is -2.27. The van der Waals surface area contributed by atoms with Gasteiger partial charge < -0.3 is 4.74 Å². The summed E-state index contributed by atoms with van der Waals surface area (Å²) in [7, 11) is 0. The second kappa shape index (κ2) is 9.23. The highest BCUT2D eigenvalue weighted by Gasteiger charge is 2.55. The van der Waals surface area contributed by atoms with Crippen LogP contribution in [0.2, 0.25) is 0 Å². The van der Waals surface area contributed by atoms with Gasteiger partial charge in [0.2, 0.25) is 15.6 Å². The molecule has 0 aromatic heterocycles. The number of benzene rings is 2. The van der Waals surface area contributed by atoms with Gasteiger partial charge >= 0.3 is 5.97 Å². The molecule has 190 valence electrons. The average Bonchev–Trinajstić information content (AvgIpc) is 3.55. The summed E-state index contributed by atoms with van der Waals surface area (Å²) in [4.78, 5) is 64.2. The van der Waals surface area contributed by atoms with E-state index in [1.165, 1.54) is 12.1 Å². The van der Waals surface area contributed by atoms with Crippen LogP contribution in [0.3, 0.4) is 0 Å². The van der Waals surface area contributed by atoms with Crippen molar-refractivity contribution in [2.24, 2.45) is 0 Å². The lowest BCUT2D eigenvalue weighted by molar-refractivity contribution is -0.145. The normalized spacial score (nSPS) is 23.0. The molecule has 37 heavy (non-hydrogen) atoms. The Hall–Kier alpha value is -2.72. The Morgan fingerprint density at radius 3 is 2.38 bits per heavy atom. The molecule has 2 heterocycles. The van der Waals surface area contributed by atoms with E-state index in [0.29, 0.717) is 16.7 Å². The zero-order chi connectivity index (χ0) is 26.7. The van der Waals surface area contributed by atoms with Crippen molar-refractivity contribution in [3.05, 3.63) is 75.3 Å². The summed E-state index contributed by atoms with van der Waals surface area (Å²) in [5, 5.41) is 2.17. The Balaban J connectivity index is 1.46. The van der Waals surface area contributed by atoms with Crippen LogP contribution in [0.15, 0.2) is 53.0 Å². The molecule has 0 bridgehead atoms. The number of fused-ring (bicyclic) bond motifs is 1. The second-order valence-corrected chi connectivity index (χ2v) is 12.2. The molecule has 0 spiro atoms. The fraction of sp³-hybridized carbons (Fsp3) is 0.240. The van der Waals surface area contributed by atoms with Crippen molar-refractivity contribution in [3.63, 3.8) is 0 Å². The third-order valence-electron chi connectivity index (χ3n) is 6.44. The van der Waals surface area contributed by atoms with E-state index in [9.17, 15) is 24.0 Å². The van der Waals surface area contributed by atoms with Crippen LogP contribution in [0.1, 0.15) is 44.7 Å². The minimum Gasteiger partial charge on any atom is -0.460 e. The number of nitrogens with zero attached hydrogens (tertiary/aromatic N) is 1. The van der Waals surface area contributed by atoms with Gasteiger partial charge in [0.1, 0.15) is 18.1 Å². The molecule has 1 unspecified atom stereocenters. The number of rotatable bonds is 5. The molecule has 2 aromatic carbocycles. The molecule has 2 atom stereocenters. The number of nitrogens with one attached hydrogen (secondary N) is 1. The van der Waals surface area contributed by atoms with Crippen LogP contribution in [0.5, 0.6) is 0 Å². The van der Waals surface area contributed by atoms with Gasteiger partial charge in [-0.25, -0.2) is 0 Å². The maximum absolute atomic E-state index is 13.3.